The van der Waals surface area contributed by atoms with Gasteiger partial charge in [-0.25, -0.2) is 4.79 Å². The van der Waals surface area contributed by atoms with Gasteiger partial charge >= 0.3 is 5.97 Å². The Labute approximate surface area is 96.2 Å². The summed E-state index contributed by atoms with van der Waals surface area (Å²) in [5.74, 6) is -0.248. The second-order valence-corrected chi connectivity index (χ2v) is 4.78. The monoisotopic (exact) mass is 228 g/mol. The SMILES string of the molecule is CCOC1CCC2(CC1)OC2(C)C(=O)OC. The van der Waals surface area contributed by atoms with Crippen LogP contribution >= 0.6 is 0 Å². The number of ether oxygens (including phenoxy) is 3. The molecule has 1 spiro atoms. The predicted molar refractivity (Wildman–Crippen MR) is 58.1 cm³/mol. The summed E-state index contributed by atoms with van der Waals surface area (Å²) in [4.78, 5) is 11.6. The Kier molecular flexibility index (Phi) is 2.97. The van der Waals surface area contributed by atoms with E-state index >= 15 is 0 Å². The normalized spacial score (nSPS) is 42.1. The van der Waals surface area contributed by atoms with Crippen LogP contribution in [-0.2, 0) is 19.0 Å². The first-order valence-corrected chi connectivity index (χ1v) is 5.98. The quantitative estimate of drug-likeness (QED) is 0.544. The standard InChI is InChI=1S/C12H20O4/c1-4-15-9-5-7-12(8-6-9)11(2,16-12)10(13)14-3/h9H,4-8H2,1-3H3. The van der Waals surface area contributed by atoms with Gasteiger partial charge in [0.1, 0.15) is 5.60 Å². The van der Waals surface area contributed by atoms with E-state index in [2.05, 4.69) is 0 Å². The Balaban J connectivity index is 1.93. The van der Waals surface area contributed by atoms with Crippen molar-refractivity contribution < 1.29 is 19.0 Å². The van der Waals surface area contributed by atoms with Crippen LogP contribution < -0.4 is 0 Å². The topological polar surface area (TPSA) is 48.1 Å². The zero-order valence-electron chi connectivity index (χ0n) is 10.2. The number of hydrogen-bond acceptors (Lipinski definition) is 4. The number of carbonyl (C=O) groups is 1. The molecule has 0 radical (unpaired) electrons. The summed E-state index contributed by atoms with van der Waals surface area (Å²) >= 11 is 0. The van der Waals surface area contributed by atoms with Gasteiger partial charge in [-0.1, -0.05) is 0 Å². The van der Waals surface area contributed by atoms with Crippen molar-refractivity contribution in [2.24, 2.45) is 0 Å². The first-order chi connectivity index (χ1) is 7.58. The average molecular weight is 228 g/mol. The minimum atomic E-state index is -0.709. The van der Waals surface area contributed by atoms with E-state index < -0.39 is 5.60 Å². The van der Waals surface area contributed by atoms with E-state index in [0.717, 1.165) is 32.3 Å². The van der Waals surface area contributed by atoms with Crippen LogP contribution in [0.5, 0.6) is 0 Å². The summed E-state index contributed by atoms with van der Waals surface area (Å²) in [6.07, 6.45) is 4.06. The highest BCUT2D eigenvalue weighted by molar-refractivity contribution is 5.84. The molecule has 0 aromatic rings. The lowest BCUT2D eigenvalue weighted by molar-refractivity contribution is -0.146. The first-order valence-electron chi connectivity index (χ1n) is 5.98. The van der Waals surface area contributed by atoms with Gasteiger partial charge in [-0.3, -0.25) is 0 Å². The van der Waals surface area contributed by atoms with Crippen molar-refractivity contribution in [3.63, 3.8) is 0 Å². The van der Waals surface area contributed by atoms with Gasteiger partial charge in [0.25, 0.3) is 0 Å². The molecule has 92 valence electrons. The highest BCUT2D eigenvalue weighted by Gasteiger charge is 2.72. The Morgan fingerprint density at radius 1 is 1.44 bits per heavy atom. The van der Waals surface area contributed by atoms with Crippen molar-refractivity contribution in [1.29, 1.82) is 0 Å². The Hall–Kier alpha value is -0.610. The van der Waals surface area contributed by atoms with Crippen molar-refractivity contribution >= 4 is 5.97 Å². The van der Waals surface area contributed by atoms with Crippen molar-refractivity contribution in [3.05, 3.63) is 0 Å². The molecule has 1 saturated heterocycles. The summed E-state index contributed by atoms with van der Waals surface area (Å²) in [7, 11) is 1.41. The lowest BCUT2D eigenvalue weighted by Gasteiger charge is -2.27. The van der Waals surface area contributed by atoms with Crippen molar-refractivity contribution in [2.45, 2.75) is 56.8 Å². The second-order valence-electron chi connectivity index (χ2n) is 4.78. The van der Waals surface area contributed by atoms with E-state index in [4.69, 9.17) is 14.2 Å². The van der Waals surface area contributed by atoms with Gasteiger partial charge in [-0.2, -0.15) is 0 Å². The molecule has 2 rings (SSSR count). The third-order valence-electron chi connectivity index (χ3n) is 3.94. The van der Waals surface area contributed by atoms with Gasteiger partial charge < -0.3 is 14.2 Å². The molecule has 2 aliphatic rings. The van der Waals surface area contributed by atoms with E-state index in [1.165, 1.54) is 7.11 Å². The van der Waals surface area contributed by atoms with Crippen molar-refractivity contribution in [3.8, 4) is 0 Å². The summed E-state index contributed by atoms with van der Waals surface area (Å²) < 4.78 is 16.1. The third-order valence-corrected chi connectivity index (χ3v) is 3.94. The first kappa shape index (κ1) is 11.9. The lowest BCUT2D eigenvalue weighted by atomic mass is 9.79. The van der Waals surface area contributed by atoms with Gasteiger partial charge in [0.2, 0.25) is 0 Å². The van der Waals surface area contributed by atoms with Crippen molar-refractivity contribution in [1.82, 2.24) is 0 Å². The number of carbonyl (C=O) groups excluding carboxylic acids is 1. The maximum atomic E-state index is 11.6. The van der Waals surface area contributed by atoms with Gasteiger partial charge in [0, 0.05) is 6.61 Å². The molecule has 1 saturated carbocycles. The van der Waals surface area contributed by atoms with E-state index in [0.29, 0.717) is 6.10 Å². The minimum Gasteiger partial charge on any atom is -0.467 e. The van der Waals surface area contributed by atoms with Gasteiger partial charge in [-0.15, -0.1) is 0 Å². The number of methoxy groups -OCH3 is 1. The number of esters is 1. The molecule has 4 heteroatoms. The highest BCUT2D eigenvalue weighted by atomic mass is 16.7. The van der Waals surface area contributed by atoms with Crippen LogP contribution in [0.4, 0.5) is 0 Å². The lowest BCUT2D eigenvalue weighted by Crippen LogP contribution is -2.37. The predicted octanol–water partition coefficient (Wildman–Crippen LogP) is 1.67. The molecule has 1 aliphatic carbocycles. The van der Waals surface area contributed by atoms with Crippen molar-refractivity contribution in [2.75, 3.05) is 13.7 Å². The molecule has 1 heterocycles. The molecule has 2 fully saturated rings. The van der Waals surface area contributed by atoms with Gasteiger partial charge in [0.15, 0.2) is 5.60 Å². The van der Waals surface area contributed by atoms with E-state index in [1.54, 1.807) is 0 Å². The Bertz CT molecular complexity index is 281. The van der Waals surface area contributed by atoms with Gasteiger partial charge in [-0.05, 0) is 39.5 Å². The zero-order valence-corrected chi connectivity index (χ0v) is 10.2. The van der Waals surface area contributed by atoms with E-state index in [-0.39, 0.29) is 11.6 Å². The Morgan fingerprint density at radius 3 is 2.56 bits per heavy atom. The van der Waals surface area contributed by atoms with Gasteiger partial charge in [0.05, 0.1) is 13.2 Å². The molecule has 1 aliphatic heterocycles. The molecule has 0 aromatic carbocycles. The van der Waals surface area contributed by atoms with Crippen LogP contribution in [0.15, 0.2) is 0 Å². The molecule has 4 nitrogen and oxygen atoms in total. The maximum Gasteiger partial charge on any atom is 0.340 e. The molecule has 0 bridgehead atoms. The summed E-state index contributed by atoms with van der Waals surface area (Å²) in [5.41, 5.74) is -0.980. The molecule has 0 amide bonds. The van der Waals surface area contributed by atoms with E-state index in [1.807, 2.05) is 13.8 Å². The van der Waals surface area contributed by atoms with E-state index in [9.17, 15) is 4.79 Å². The summed E-state index contributed by atoms with van der Waals surface area (Å²) in [5, 5.41) is 0. The minimum absolute atomic E-state index is 0.248. The molecular formula is C12H20O4. The fraction of sp³-hybridized carbons (Fsp3) is 0.917. The highest BCUT2D eigenvalue weighted by Crippen LogP contribution is 2.57. The third kappa shape index (κ3) is 1.64. The Morgan fingerprint density at radius 2 is 2.06 bits per heavy atom. The second kappa shape index (κ2) is 4.00. The molecule has 1 atom stereocenters. The van der Waals surface area contributed by atoms with Crippen LogP contribution in [-0.4, -0.2) is 37.0 Å². The number of epoxide rings is 1. The number of hydrogen-bond donors (Lipinski definition) is 0. The fourth-order valence-corrected chi connectivity index (χ4v) is 2.83. The van der Waals surface area contributed by atoms with Crippen LogP contribution in [0.2, 0.25) is 0 Å². The molecule has 0 N–H and O–H groups in total. The smallest absolute Gasteiger partial charge is 0.340 e. The summed E-state index contributed by atoms with van der Waals surface area (Å²) in [6, 6.07) is 0. The molecule has 1 unspecified atom stereocenters. The molecule has 0 aromatic heterocycles. The van der Waals surface area contributed by atoms with Crippen LogP contribution in [0.3, 0.4) is 0 Å². The fourth-order valence-electron chi connectivity index (χ4n) is 2.83. The van der Waals surface area contributed by atoms with Crippen LogP contribution in [0.1, 0.15) is 39.5 Å². The number of rotatable bonds is 3. The molecular weight excluding hydrogens is 208 g/mol. The molecule has 16 heavy (non-hydrogen) atoms. The maximum absolute atomic E-state index is 11.6. The largest absolute Gasteiger partial charge is 0.467 e. The van der Waals surface area contributed by atoms with Crippen LogP contribution in [0, 0.1) is 0 Å². The van der Waals surface area contributed by atoms with Crippen LogP contribution in [0.25, 0.3) is 0 Å². The summed E-state index contributed by atoms with van der Waals surface area (Å²) in [6.45, 7) is 4.60. The zero-order chi connectivity index (χ0) is 11.8. The average Bonchev–Trinajstić information content (AvgIpc) is 2.88.